The van der Waals surface area contributed by atoms with Crippen molar-refractivity contribution in [2.45, 2.75) is 55.7 Å². The third-order valence-electron chi connectivity index (χ3n) is 3.92. The fraction of sp³-hybridized carbons (Fsp3) is 0.909. The Morgan fingerprint density at radius 3 is 1.77 bits per heavy atom. The number of hydrogen-bond acceptors (Lipinski definition) is 1. The lowest BCUT2D eigenvalue weighted by Crippen LogP contribution is -2.47. The molecule has 2 rings (SSSR count). The van der Waals surface area contributed by atoms with Crippen molar-refractivity contribution in [1.82, 2.24) is 0 Å². The number of rotatable bonds is 0. The molecule has 1 nitrogen and oxygen atoms in total. The Bertz CT molecular complexity index is 229. The van der Waals surface area contributed by atoms with Crippen molar-refractivity contribution < 1.29 is 0 Å². The summed E-state index contributed by atoms with van der Waals surface area (Å²) in [6.45, 7) is 0. The van der Waals surface area contributed by atoms with E-state index in [-0.39, 0.29) is 9.74 Å². The van der Waals surface area contributed by atoms with Crippen LogP contribution in [-0.2, 0) is 0 Å². The third kappa shape index (κ3) is 1.32. The van der Waals surface area contributed by atoms with Gasteiger partial charge in [-0.05, 0) is 25.7 Å². The van der Waals surface area contributed by atoms with Crippen molar-refractivity contribution >= 4 is 15.9 Å². The van der Waals surface area contributed by atoms with E-state index in [9.17, 15) is 5.26 Å². The maximum Gasteiger partial charge on any atom is 0.0726 e. The molecule has 0 aromatic rings. The Labute approximate surface area is 88.6 Å². The van der Waals surface area contributed by atoms with Gasteiger partial charge in [0.15, 0.2) is 0 Å². The number of hydrogen-bond donors (Lipinski definition) is 0. The second-order valence-corrected chi connectivity index (χ2v) is 6.09. The van der Waals surface area contributed by atoms with Crippen molar-refractivity contribution in [2.24, 2.45) is 5.41 Å². The molecule has 2 aliphatic rings. The molecule has 0 aromatic carbocycles. The highest BCUT2D eigenvalue weighted by Crippen LogP contribution is 2.57. The van der Waals surface area contributed by atoms with Crippen molar-refractivity contribution in [1.29, 1.82) is 5.26 Å². The number of fused-ring (bicyclic) bond motifs is 1. The Balaban J connectivity index is 2.30. The van der Waals surface area contributed by atoms with Gasteiger partial charge in [0.05, 0.1) is 11.5 Å². The van der Waals surface area contributed by atoms with E-state index >= 15 is 0 Å². The quantitative estimate of drug-likeness (QED) is 0.593. The van der Waals surface area contributed by atoms with E-state index in [4.69, 9.17) is 0 Å². The SMILES string of the molecule is N#CC12CCCCC1(Br)CCCC2. The fourth-order valence-corrected chi connectivity index (χ4v) is 4.10. The molecule has 2 heteroatoms. The van der Waals surface area contributed by atoms with Gasteiger partial charge in [0.1, 0.15) is 0 Å². The molecule has 0 bridgehead atoms. The highest BCUT2D eigenvalue weighted by molar-refractivity contribution is 9.10. The number of nitriles is 1. The first kappa shape index (κ1) is 9.52. The van der Waals surface area contributed by atoms with Crippen LogP contribution in [0.1, 0.15) is 51.4 Å². The van der Waals surface area contributed by atoms with E-state index in [2.05, 4.69) is 22.0 Å². The molecule has 2 saturated carbocycles. The van der Waals surface area contributed by atoms with Crippen molar-refractivity contribution in [3.05, 3.63) is 0 Å². The van der Waals surface area contributed by atoms with Gasteiger partial charge in [0.2, 0.25) is 0 Å². The van der Waals surface area contributed by atoms with Gasteiger partial charge in [-0.3, -0.25) is 0 Å². The van der Waals surface area contributed by atoms with Crippen LogP contribution in [0.3, 0.4) is 0 Å². The van der Waals surface area contributed by atoms with Crippen LogP contribution >= 0.6 is 15.9 Å². The molecular formula is C11H16BrN. The molecular weight excluding hydrogens is 226 g/mol. The smallest absolute Gasteiger partial charge is 0.0726 e. The normalized spacial score (nSPS) is 44.9. The Morgan fingerprint density at radius 1 is 0.923 bits per heavy atom. The van der Waals surface area contributed by atoms with E-state index in [1.54, 1.807) is 0 Å². The maximum atomic E-state index is 9.36. The summed E-state index contributed by atoms with van der Waals surface area (Å²) >= 11 is 3.87. The standard InChI is InChI=1S/C11H16BrN/c12-11-7-3-1-5-10(11,9-13)6-2-4-8-11/h1-8H2. The van der Waals surface area contributed by atoms with Gasteiger partial charge in [-0.2, -0.15) is 5.26 Å². The highest BCUT2D eigenvalue weighted by atomic mass is 79.9. The van der Waals surface area contributed by atoms with Crippen LogP contribution in [0.15, 0.2) is 0 Å². The predicted molar refractivity (Wildman–Crippen MR) is 56.6 cm³/mol. The van der Waals surface area contributed by atoms with Crippen LogP contribution in [0.4, 0.5) is 0 Å². The molecule has 0 saturated heterocycles. The van der Waals surface area contributed by atoms with Crippen molar-refractivity contribution in [3.8, 4) is 6.07 Å². The van der Waals surface area contributed by atoms with Crippen molar-refractivity contribution in [3.63, 3.8) is 0 Å². The molecule has 2 fully saturated rings. The largest absolute Gasteiger partial charge is 0.198 e. The molecule has 0 unspecified atom stereocenters. The zero-order valence-corrected chi connectivity index (χ0v) is 9.57. The van der Waals surface area contributed by atoms with Crippen LogP contribution in [0.25, 0.3) is 0 Å². The number of nitrogens with zero attached hydrogens (tertiary/aromatic N) is 1. The third-order valence-corrected chi connectivity index (χ3v) is 5.48. The molecule has 2 aliphatic carbocycles. The summed E-state index contributed by atoms with van der Waals surface area (Å²) in [5.74, 6) is 0. The summed E-state index contributed by atoms with van der Waals surface area (Å²) in [5.41, 5.74) is -0.0243. The van der Waals surface area contributed by atoms with E-state index in [1.165, 1.54) is 38.5 Å². The summed E-state index contributed by atoms with van der Waals surface area (Å²) in [7, 11) is 0. The van der Waals surface area contributed by atoms with Crippen LogP contribution in [0.5, 0.6) is 0 Å². The molecule has 0 aliphatic heterocycles. The first-order chi connectivity index (χ1) is 6.22. The van der Waals surface area contributed by atoms with Crippen LogP contribution in [0, 0.1) is 16.7 Å². The average molecular weight is 242 g/mol. The summed E-state index contributed by atoms with van der Waals surface area (Å²) < 4.78 is 0.172. The molecule has 0 heterocycles. The van der Waals surface area contributed by atoms with Crippen LogP contribution in [0.2, 0.25) is 0 Å². The molecule has 13 heavy (non-hydrogen) atoms. The van der Waals surface area contributed by atoms with Gasteiger partial charge in [-0.15, -0.1) is 0 Å². The van der Waals surface area contributed by atoms with Crippen LogP contribution in [-0.4, -0.2) is 4.32 Å². The van der Waals surface area contributed by atoms with Gasteiger partial charge in [0.25, 0.3) is 0 Å². The summed E-state index contributed by atoms with van der Waals surface area (Å²) in [6, 6.07) is 2.61. The Hall–Kier alpha value is -0.0300. The topological polar surface area (TPSA) is 23.8 Å². The fourth-order valence-electron chi connectivity index (χ4n) is 3.05. The van der Waals surface area contributed by atoms with E-state index in [0.29, 0.717) is 0 Å². The monoisotopic (exact) mass is 241 g/mol. The van der Waals surface area contributed by atoms with Crippen molar-refractivity contribution in [2.75, 3.05) is 0 Å². The lowest BCUT2D eigenvalue weighted by Gasteiger charge is -2.49. The molecule has 0 spiro atoms. The zero-order chi connectivity index (χ0) is 9.36. The molecule has 0 N–H and O–H groups in total. The lowest BCUT2D eigenvalue weighted by molar-refractivity contribution is 0.138. The van der Waals surface area contributed by atoms with Gasteiger partial charge in [-0.25, -0.2) is 0 Å². The average Bonchev–Trinajstić information content (AvgIpc) is 2.17. The highest BCUT2D eigenvalue weighted by Gasteiger charge is 2.52. The molecule has 0 aromatic heterocycles. The van der Waals surface area contributed by atoms with Gasteiger partial charge >= 0.3 is 0 Å². The number of alkyl halides is 1. The summed E-state index contributed by atoms with van der Waals surface area (Å²) in [4.78, 5) is 0. The number of halogens is 1. The second-order valence-electron chi connectivity index (χ2n) is 4.57. The van der Waals surface area contributed by atoms with E-state index < -0.39 is 0 Å². The summed E-state index contributed by atoms with van der Waals surface area (Å²) in [6.07, 6.45) is 9.76. The predicted octanol–water partition coefficient (Wildman–Crippen LogP) is 3.78. The molecule has 72 valence electrons. The first-order valence-electron chi connectivity index (χ1n) is 5.33. The Kier molecular flexibility index (Phi) is 2.40. The Morgan fingerprint density at radius 2 is 1.38 bits per heavy atom. The second kappa shape index (κ2) is 3.28. The molecule has 0 radical (unpaired) electrons. The van der Waals surface area contributed by atoms with E-state index in [1.807, 2.05) is 0 Å². The minimum atomic E-state index is -0.0243. The summed E-state index contributed by atoms with van der Waals surface area (Å²) in [5, 5.41) is 9.36. The van der Waals surface area contributed by atoms with Gasteiger partial charge < -0.3 is 0 Å². The molecule has 0 atom stereocenters. The maximum absolute atomic E-state index is 9.36. The van der Waals surface area contributed by atoms with Gasteiger partial charge in [0, 0.05) is 4.32 Å². The molecule has 0 amide bonds. The van der Waals surface area contributed by atoms with Gasteiger partial charge in [-0.1, -0.05) is 41.6 Å². The first-order valence-corrected chi connectivity index (χ1v) is 6.12. The zero-order valence-electron chi connectivity index (χ0n) is 7.98. The van der Waals surface area contributed by atoms with Crippen LogP contribution < -0.4 is 0 Å². The lowest BCUT2D eigenvalue weighted by atomic mass is 9.60. The minimum Gasteiger partial charge on any atom is -0.198 e. The minimum absolute atomic E-state index is 0.0243. The van der Waals surface area contributed by atoms with E-state index in [0.717, 1.165) is 12.8 Å².